The predicted molar refractivity (Wildman–Crippen MR) is 149 cm³/mol. The van der Waals surface area contributed by atoms with Crippen LogP contribution in [0.25, 0.3) is 0 Å². The molecule has 3 heteroatoms. The first-order valence-corrected chi connectivity index (χ1v) is 14.8. The number of ether oxygens (including phenoxy) is 3. The lowest BCUT2D eigenvalue weighted by atomic mass is 9.78. The Balaban J connectivity index is 1.38. The summed E-state index contributed by atoms with van der Waals surface area (Å²) in [7, 11) is 0. The van der Waals surface area contributed by atoms with Gasteiger partial charge in [-0.3, -0.25) is 0 Å². The maximum Gasteiger partial charge on any atom is 0.183 e. The van der Waals surface area contributed by atoms with Crippen LogP contribution in [0.2, 0.25) is 0 Å². The van der Waals surface area contributed by atoms with Crippen molar-refractivity contribution < 1.29 is 14.2 Å². The molecule has 0 aromatic heterocycles. The molecule has 1 aliphatic carbocycles. The minimum atomic E-state index is -0.290. The monoisotopic (exact) mass is 492 g/mol. The number of hydrogen-bond acceptors (Lipinski definition) is 3. The topological polar surface area (TPSA) is 27.7 Å². The molecule has 198 valence electrons. The summed E-state index contributed by atoms with van der Waals surface area (Å²) in [5.41, 5.74) is 5.61. The fourth-order valence-electron chi connectivity index (χ4n) is 5.95. The molecule has 1 heterocycles. The van der Waals surface area contributed by atoms with Crippen molar-refractivity contribution in [2.45, 2.75) is 115 Å². The van der Waals surface area contributed by atoms with E-state index in [0.717, 1.165) is 24.3 Å². The summed E-state index contributed by atoms with van der Waals surface area (Å²) in [6.07, 6.45) is 13.8. The highest BCUT2D eigenvalue weighted by molar-refractivity contribution is 5.39. The van der Waals surface area contributed by atoms with Crippen LogP contribution in [0.3, 0.4) is 0 Å². The van der Waals surface area contributed by atoms with Crippen LogP contribution in [0, 0.1) is 0 Å². The van der Waals surface area contributed by atoms with E-state index in [1.807, 2.05) is 12.1 Å². The Kier molecular flexibility index (Phi) is 10.7. The van der Waals surface area contributed by atoms with Crippen LogP contribution in [-0.4, -0.2) is 19.8 Å². The Labute approximate surface area is 219 Å². The van der Waals surface area contributed by atoms with Gasteiger partial charge < -0.3 is 14.2 Å². The van der Waals surface area contributed by atoms with Crippen LogP contribution in [0.15, 0.2) is 42.5 Å². The number of hydrogen-bond donors (Lipinski definition) is 0. The molecule has 36 heavy (non-hydrogen) atoms. The van der Waals surface area contributed by atoms with Crippen molar-refractivity contribution in [3.8, 4) is 5.75 Å². The highest BCUT2D eigenvalue weighted by Gasteiger charge is 2.29. The van der Waals surface area contributed by atoms with E-state index in [4.69, 9.17) is 14.2 Å². The van der Waals surface area contributed by atoms with E-state index in [1.54, 1.807) is 5.56 Å². The lowest BCUT2D eigenvalue weighted by molar-refractivity contribution is -0.191. The number of unbranched alkanes of at least 4 members (excludes halogenated alkanes) is 3. The molecule has 2 aromatic rings. The van der Waals surface area contributed by atoms with E-state index in [-0.39, 0.29) is 6.29 Å². The molecule has 2 aromatic carbocycles. The molecule has 0 N–H and O–H groups in total. The van der Waals surface area contributed by atoms with Crippen LogP contribution < -0.4 is 4.74 Å². The van der Waals surface area contributed by atoms with E-state index in [2.05, 4.69) is 51.1 Å². The first kappa shape index (κ1) is 27.2. The Morgan fingerprint density at radius 1 is 0.806 bits per heavy atom. The summed E-state index contributed by atoms with van der Waals surface area (Å²) in [5, 5.41) is 0. The maximum absolute atomic E-state index is 6.29. The molecule has 1 unspecified atom stereocenters. The van der Waals surface area contributed by atoms with Gasteiger partial charge >= 0.3 is 0 Å². The molecular weight excluding hydrogens is 444 g/mol. The predicted octanol–water partition coefficient (Wildman–Crippen LogP) is 9.43. The zero-order valence-corrected chi connectivity index (χ0v) is 23.0. The molecule has 0 amide bonds. The SMILES string of the molecule is CCCCCCOc1ccc(C2OCC(c3ccc(C(C)CCC)cc3C3CCCCC3)CO2)cc1. The molecule has 1 saturated carbocycles. The quantitative estimate of drug-likeness (QED) is 0.276. The third kappa shape index (κ3) is 7.35. The van der Waals surface area contributed by atoms with Gasteiger partial charge in [0.05, 0.1) is 19.8 Å². The summed E-state index contributed by atoms with van der Waals surface area (Å²) in [4.78, 5) is 0. The highest BCUT2D eigenvalue weighted by atomic mass is 16.7. The second kappa shape index (κ2) is 14.2. The van der Waals surface area contributed by atoms with E-state index in [0.29, 0.717) is 31.0 Å². The van der Waals surface area contributed by atoms with Gasteiger partial charge in [-0.2, -0.15) is 0 Å². The largest absolute Gasteiger partial charge is 0.494 e. The Morgan fingerprint density at radius 2 is 1.56 bits per heavy atom. The van der Waals surface area contributed by atoms with Gasteiger partial charge in [-0.15, -0.1) is 0 Å². The van der Waals surface area contributed by atoms with Crippen molar-refractivity contribution >= 4 is 0 Å². The average molecular weight is 493 g/mol. The van der Waals surface area contributed by atoms with Gasteiger partial charge in [0.15, 0.2) is 6.29 Å². The van der Waals surface area contributed by atoms with E-state index in [9.17, 15) is 0 Å². The molecule has 4 rings (SSSR count). The zero-order chi connectivity index (χ0) is 25.2. The molecule has 1 aliphatic heterocycles. The summed E-state index contributed by atoms with van der Waals surface area (Å²) in [5.74, 6) is 2.55. The highest BCUT2D eigenvalue weighted by Crippen LogP contribution is 2.40. The van der Waals surface area contributed by atoms with Gasteiger partial charge in [0.25, 0.3) is 0 Å². The van der Waals surface area contributed by atoms with Crippen molar-refractivity contribution in [3.05, 3.63) is 64.7 Å². The normalized spacial score (nSPS) is 21.9. The minimum Gasteiger partial charge on any atom is -0.494 e. The molecular formula is C33H48O3. The van der Waals surface area contributed by atoms with E-state index in [1.165, 1.54) is 75.3 Å². The minimum absolute atomic E-state index is 0.290. The maximum atomic E-state index is 6.29. The van der Waals surface area contributed by atoms with Crippen molar-refractivity contribution in [1.29, 1.82) is 0 Å². The Morgan fingerprint density at radius 3 is 2.25 bits per heavy atom. The second-order valence-electron chi connectivity index (χ2n) is 11.1. The molecule has 2 aliphatic rings. The van der Waals surface area contributed by atoms with Gasteiger partial charge in [-0.1, -0.05) is 96.0 Å². The average Bonchev–Trinajstić information content (AvgIpc) is 2.94. The van der Waals surface area contributed by atoms with Crippen LogP contribution in [0.4, 0.5) is 0 Å². The van der Waals surface area contributed by atoms with Gasteiger partial charge in [0.2, 0.25) is 0 Å². The summed E-state index contributed by atoms with van der Waals surface area (Å²) < 4.78 is 18.5. The Hall–Kier alpha value is -1.84. The van der Waals surface area contributed by atoms with Crippen molar-refractivity contribution in [3.63, 3.8) is 0 Å². The fraction of sp³-hybridized carbons (Fsp3) is 0.636. The van der Waals surface area contributed by atoms with Crippen LogP contribution in [-0.2, 0) is 9.47 Å². The van der Waals surface area contributed by atoms with Gasteiger partial charge in [-0.05, 0) is 66.3 Å². The van der Waals surface area contributed by atoms with Gasteiger partial charge in [0, 0.05) is 11.5 Å². The smallest absolute Gasteiger partial charge is 0.183 e. The lowest BCUT2D eigenvalue weighted by Gasteiger charge is -2.33. The van der Waals surface area contributed by atoms with Gasteiger partial charge in [-0.25, -0.2) is 0 Å². The summed E-state index contributed by atoms with van der Waals surface area (Å²) in [6.45, 7) is 9.11. The van der Waals surface area contributed by atoms with Crippen LogP contribution >= 0.6 is 0 Å². The van der Waals surface area contributed by atoms with E-state index < -0.39 is 0 Å². The molecule has 1 saturated heterocycles. The fourth-order valence-corrected chi connectivity index (χ4v) is 5.95. The third-order valence-electron chi connectivity index (χ3n) is 8.20. The standard InChI is InChI=1S/C33H48O3/c1-4-6-7-11-21-34-30-18-15-27(16-19-30)33-35-23-29(24-36-33)31-20-17-28(25(3)12-5-2)22-32(31)26-13-9-8-10-14-26/h15-20,22,25-26,29,33H,4-14,21,23-24H2,1-3H3. The van der Waals surface area contributed by atoms with Crippen LogP contribution in [0.5, 0.6) is 5.75 Å². The van der Waals surface area contributed by atoms with Crippen molar-refractivity contribution in [2.24, 2.45) is 0 Å². The molecule has 0 spiro atoms. The molecule has 0 radical (unpaired) electrons. The van der Waals surface area contributed by atoms with E-state index >= 15 is 0 Å². The molecule has 0 bridgehead atoms. The number of benzene rings is 2. The van der Waals surface area contributed by atoms with Gasteiger partial charge in [0.1, 0.15) is 5.75 Å². The van der Waals surface area contributed by atoms with Crippen molar-refractivity contribution in [2.75, 3.05) is 19.8 Å². The molecule has 1 atom stereocenters. The van der Waals surface area contributed by atoms with Crippen molar-refractivity contribution in [1.82, 2.24) is 0 Å². The third-order valence-corrected chi connectivity index (χ3v) is 8.20. The zero-order valence-electron chi connectivity index (χ0n) is 23.0. The number of rotatable bonds is 12. The van der Waals surface area contributed by atoms with Crippen LogP contribution in [0.1, 0.15) is 138 Å². The Bertz CT molecular complexity index is 892. The first-order chi connectivity index (χ1) is 17.7. The first-order valence-electron chi connectivity index (χ1n) is 14.8. The molecule has 2 fully saturated rings. The second-order valence-corrected chi connectivity index (χ2v) is 11.1. The molecule has 3 nitrogen and oxygen atoms in total. The lowest BCUT2D eigenvalue weighted by Crippen LogP contribution is -2.27. The summed E-state index contributed by atoms with van der Waals surface area (Å²) >= 11 is 0. The summed E-state index contributed by atoms with van der Waals surface area (Å²) in [6, 6.07) is 15.6.